The van der Waals surface area contributed by atoms with Crippen molar-refractivity contribution < 1.29 is 14.3 Å². The Kier molecular flexibility index (Phi) is 4.65. The summed E-state index contributed by atoms with van der Waals surface area (Å²) in [7, 11) is 0. The second-order valence-electron chi connectivity index (χ2n) is 5.23. The molecule has 5 heteroatoms. The quantitative estimate of drug-likeness (QED) is 0.815. The molecule has 1 aromatic carbocycles. The first-order chi connectivity index (χ1) is 10.8. The van der Waals surface area contributed by atoms with E-state index in [-0.39, 0.29) is 17.7 Å². The third-order valence-electron chi connectivity index (χ3n) is 3.77. The van der Waals surface area contributed by atoms with E-state index in [0.717, 1.165) is 0 Å². The lowest BCUT2D eigenvalue weighted by atomic mass is 10.0. The Bertz CT molecular complexity index is 639. The Hall–Kier alpha value is -1.98. The summed E-state index contributed by atoms with van der Waals surface area (Å²) in [5.41, 5.74) is 1.36. The number of Topliss-reactive ketones (excluding diaryl/α,β-unsaturated/α-hetero) is 1. The summed E-state index contributed by atoms with van der Waals surface area (Å²) < 4.78 is 5.47. The van der Waals surface area contributed by atoms with Crippen LogP contribution in [0, 0.1) is 0 Å². The van der Waals surface area contributed by atoms with Crippen LogP contribution in [0.3, 0.4) is 0 Å². The number of carbonyl (C=O) groups excluding carboxylic acids is 2. The number of thiophene rings is 1. The van der Waals surface area contributed by atoms with Crippen molar-refractivity contribution in [3.63, 3.8) is 0 Å². The van der Waals surface area contributed by atoms with Crippen LogP contribution in [0.2, 0.25) is 0 Å². The number of carbonyl (C=O) groups is 2. The first-order valence-electron chi connectivity index (χ1n) is 7.25. The van der Waals surface area contributed by atoms with Gasteiger partial charge in [0, 0.05) is 23.9 Å². The SMILES string of the molecule is O=C(C[C@@H]1COCCN1C(=O)c1ccsc1)c1ccccc1. The topological polar surface area (TPSA) is 46.6 Å². The highest BCUT2D eigenvalue weighted by Gasteiger charge is 2.30. The van der Waals surface area contributed by atoms with Gasteiger partial charge in [-0.15, -0.1) is 0 Å². The van der Waals surface area contributed by atoms with Gasteiger partial charge in [0.05, 0.1) is 24.8 Å². The van der Waals surface area contributed by atoms with Crippen molar-refractivity contribution in [2.75, 3.05) is 19.8 Å². The van der Waals surface area contributed by atoms with Crippen LogP contribution in [-0.4, -0.2) is 42.4 Å². The van der Waals surface area contributed by atoms with E-state index < -0.39 is 0 Å². The van der Waals surface area contributed by atoms with Crippen molar-refractivity contribution in [1.82, 2.24) is 4.90 Å². The molecule has 0 radical (unpaired) electrons. The second kappa shape index (κ2) is 6.85. The number of ketones is 1. The van der Waals surface area contributed by atoms with Gasteiger partial charge in [0.2, 0.25) is 0 Å². The fourth-order valence-corrected chi connectivity index (χ4v) is 3.23. The van der Waals surface area contributed by atoms with Gasteiger partial charge in [-0.2, -0.15) is 11.3 Å². The van der Waals surface area contributed by atoms with Crippen LogP contribution in [0.1, 0.15) is 27.1 Å². The molecule has 1 aliphatic heterocycles. The van der Waals surface area contributed by atoms with Gasteiger partial charge in [-0.1, -0.05) is 30.3 Å². The summed E-state index contributed by atoms with van der Waals surface area (Å²) in [5.74, 6) is 0.0228. The molecular weight excluding hydrogens is 298 g/mol. The normalized spacial score (nSPS) is 18.2. The molecule has 0 spiro atoms. The van der Waals surface area contributed by atoms with Gasteiger partial charge in [-0.05, 0) is 11.4 Å². The van der Waals surface area contributed by atoms with E-state index in [2.05, 4.69) is 0 Å². The van der Waals surface area contributed by atoms with Gasteiger partial charge < -0.3 is 9.64 Å². The van der Waals surface area contributed by atoms with Crippen LogP contribution in [0.4, 0.5) is 0 Å². The fourth-order valence-electron chi connectivity index (χ4n) is 2.60. The van der Waals surface area contributed by atoms with E-state index in [9.17, 15) is 9.59 Å². The number of hydrogen-bond acceptors (Lipinski definition) is 4. The molecule has 1 saturated heterocycles. The van der Waals surface area contributed by atoms with Crippen LogP contribution < -0.4 is 0 Å². The number of benzene rings is 1. The summed E-state index contributed by atoms with van der Waals surface area (Å²) in [4.78, 5) is 26.7. The van der Waals surface area contributed by atoms with E-state index >= 15 is 0 Å². The van der Waals surface area contributed by atoms with Gasteiger partial charge in [0.1, 0.15) is 0 Å². The number of hydrogen-bond donors (Lipinski definition) is 0. The first-order valence-corrected chi connectivity index (χ1v) is 8.19. The first kappa shape index (κ1) is 14.9. The van der Waals surface area contributed by atoms with Crippen LogP contribution in [0.5, 0.6) is 0 Å². The van der Waals surface area contributed by atoms with Gasteiger partial charge >= 0.3 is 0 Å². The summed E-state index contributed by atoms with van der Waals surface area (Å²) >= 11 is 1.50. The zero-order chi connectivity index (χ0) is 15.4. The van der Waals surface area contributed by atoms with Crippen LogP contribution in [0.15, 0.2) is 47.2 Å². The number of amides is 1. The molecule has 1 aliphatic rings. The Balaban J connectivity index is 1.73. The number of nitrogens with zero attached hydrogens (tertiary/aromatic N) is 1. The van der Waals surface area contributed by atoms with Crippen LogP contribution in [-0.2, 0) is 4.74 Å². The average Bonchev–Trinajstić information content (AvgIpc) is 3.10. The molecule has 2 heterocycles. The predicted molar refractivity (Wildman–Crippen MR) is 85.4 cm³/mol. The van der Waals surface area contributed by atoms with Crippen molar-refractivity contribution in [1.29, 1.82) is 0 Å². The summed E-state index contributed by atoms with van der Waals surface area (Å²) in [6, 6.07) is 10.8. The van der Waals surface area contributed by atoms with Crippen molar-refractivity contribution in [3.8, 4) is 0 Å². The smallest absolute Gasteiger partial charge is 0.255 e. The van der Waals surface area contributed by atoms with Crippen molar-refractivity contribution in [2.45, 2.75) is 12.5 Å². The molecule has 0 N–H and O–H groups in total. The molecule has 4 nitrogen and oxygen atoms in total. The third-order valence-corrected chi connectivity index (χ3v) is 4.46. The fraction of sp³-hybridized carbons (Fsp3) is 0.294. The third kappa shape index (κ3) is 3.26. The molecule has 114 valence electrons. The number of rotatable bonds is 4. The van der Waals surface area contributed by atoms with E-state index in [4.69, 9.17) is 4.74 Å². The standard InChI is InChI=1S/C17H17NO3S/c19-16(13-4-2-1-3-5-13)10-15-11-21-8-7-18(15)17(20)14-6-9-22-12-14/h1-6,9,12,15H,7-8,10-11H2/t15-/m1/s1. The monoisotopic (exact) mass is 315 g/mol. The molecule has 1 amide bonds. The molecular formula is C17H17NO3S. The molecule has 3 rings (SSSR count). The van der Waals surface area contributed by atoms with Gasteiger partial charge in [0.15, 0.2) is 5.78 Å². The van der Waals surface area contributed by atoms with E-state index in [1.807, 2.05) is 35.0 Å². The minimum absolute atomic E-state index is 0.0181. The predicted octanol–water partition coefficient (Wildman–Crippen LogP) is 2.86. The highest BCUT2D eigenvalue weighted by Crippen LogP contribution is 2.18. The molecule has 1 atom stereocenters. The Labute approximate surface area is 133 Å². The van der Waals surface area contributed by atoms with Gasteiger partial charge in [-0.25, -0.2) is 0 Å². The largest absolute Gasteiger partial charge is 0.377 e. The van der Waals surface area contributed by atoms with Crippen LogP contribution in [0.25, 0.3) is 0 Å². The molecule has 0 unspecified atom stereocenters. The van der Waals surface area contributed by atoms with Gasteiger partial charge in [0.25, 0.3) is 5.91 Å². The second-order valence-corrected chi connectivity index (χ2v) is 6.01. The molecule has 2 aromatic rings. The summed E-state index contributed by atoms with van der Waals surface area (Å²) in [6.07, 6.45) is 0.292. The maximum Gasteiger partial charge on any atom is 0.255 e. The highest BCUT2D eigenvalue weighted by molar-refractivity contribution is 7.08. The Morgan fingerprint density at radius 3 is 2.73 bits per heavy atom. The lowest BCUT2D eigenvalue weighted by Gasteiger charge is -2.35. The van der Waals surface area contributed by atoms with Crippen molar-refractivity contribution in [2.24, 2.45) is 0 Å². The molecule has 1 aromatic heterocycles. The lowest BCUT2D eigenvalue weighted by molar-refractivity contribution is -0.00278. The Morgan fingerprint density at radius 1 is 1.18 bits per heavy atom. The van der Waals surface area contributed by atoms with E-state index in [0.29, 0.717) is 37.3 Å². The summed E-state index contributed by atoms with van der Waals surface area (Å²) in [5, 5.41) is 3.73. The molecule has 22 heavy (non-hydrogen) atoms. The molecule has 0 saturated carbocycles. The van der Waals surface area contributed by atoms with Crippen LogP contribution >= 0.6 is 11.3 Å². The lowest BCUT2D eigenvalue weighted by Crippen LogP contribution is -2.49. The minimum atomic E-state index is -0.200. The zero-order valence-electron chi connectivity index (χ0n) is 12.1. The number of morpholine rings is 1. The minimum Gasteiger partial charge on any atom is -0.377 e. The maximum atomic E-state index is 12.6. The zero-order valence-corrected chi connectivity index (χ0v) is 12.9. The average molecular weight is 315 g/mol. The molecule has 0 bridgehead atoms. The van der Waals surface area contributed by atoms with Crippen molar-refractivity contribution >= 4 is 23.0 Å². The summed E-state index contributed by atoms with van der Waals surface area (Å²) in [6.45, 7) is 1.46. The van der Waals surface area contributed by atoms with E-state index in [1.54, 1.807) is 17.0 Å². The van der Waals surface area contributed by atoms with Gasteiger partial charge in [-0.3, -0.25) is 9.59 Å². The van der Waals surface area contributed by atoms with E-state index in [1.165, 1.54) is 11.3 Å². The Morgan fingerprint density at radius 2 is 2.00 bits per heavy atom. The molecule has 1 fully saturated rings. The maximum absolute atomic E-state index is 12.6. The highest BCUT2D eigenvalue weighted by atomic mass is 32.1. The number of ether oxygens (including phenoxy) is 1. The van der Waals surface area contributed by atoms with Crippen molar-refractivity contribution in [3.05, 3.63) is 58.3 Å². The molecule has 0 aliphatic carbocycles.